The zero-order chi connectivity index (χ0) is 11.1. The van der Waals surface area contributed by atoms with Crippen LogP contribution in [0.2, 0.25) is 0 Å². The number of ether oxygens (including phenoxy) is 1. The van der Waals surface area contributed by atoms with Gasteiger partial charge in [-0.1, -0.05) is 0 Å². The van der Waals surface area contributed by atoms with E-state index in [1.165, 1.54) is 17.0 Å². The molecule has 0 aliphatic rings. The quantitative estimate of drug-likeness (QED) is 0.727. The van der Waals surface area contributed by atoms with E-state index in [4.69, 9.17) is 4.74 Å². The Labute approximate surface area is 95.9 Å². The van der Waals surface area contributed by atoms with Crippen LogP contribution in [0.5, 0.6) is 0 Å². The Morgan fingerprint density at radius 1 is 1.33 bits per heavy atom. The van der Waals surface area contributed by atoms with Gasteiger partial charge in [0.25, 0.3) is 0 Å². The van der Waals surface area contributed by atoms with Crippen LogP contribution in [0.4, 0.5) is 0 Å². The zero-order valence-corrected chi connectivity index (χ0v) is 10.6. The molecule has 1 aromatic rings. The van der Waals surface area contributed by atoms with Crippen molar-refractivity contribution >= 4 is 11.3 Å². The maximum atomic E-state index is 4.99. The third-order valence-corrected chi connectivity index (χ3v) is 3.31. The van der Waals surface area contributed by atoms with Gasteiger partial charge in [-0.05, 0) is 33.2 Å². The standard InChI is InChI=1S/C11H20N2OS/c1-9-11(15-10(2)13-9)8-12-6-4-5-7-14-3/h12H,4-8H2,1-3H3. The van der Waals surface area contributed by atoms with Crippen LogP contribution in [0.3, 0.4) is 0 Å². The molecule has 15 heavy (non-hydrogen) atoms. The summed E-state index contributed by atoms with van der Waals surface area (Å²) in [4.78, 5) is 5.76. The molecule has 0 spiro atoms. The Morgan fingerprint density at radius 3 is 2.73 bits per heavy atom. The number of aromatic nitrogens is 1. The van der Waals surface area contributed by atoms with Crippen molar-refractivity contribution < 1.29 is 4.74 Å². The summed E-state index contributed by atoms with van der Waals surface area (Å²) in [7, 11) is 1.75. The van der Waals surface area contributed by atoms with E-state index >= 15 is 0 Å². The van der Waals surface area contributed by atoms with Gasteiger partial charge >= 0.3 is 0 Å². The second kappa shape index (κ2) is 6.93. The highest BCUT2D eigenvalue weighted by molar-refractivity contribution is 7.11. The fourth-order valence-corrected chi connectivity index (χ4v) is 2.34. The van der Waals surface area contributed by atoms with Gasteiger partial charge in [0.05, 0.1) is 10.7 Å². The molecule has 1 heterocycles. The molecule has 0 bridgehead atoms. The molecule has 0 unspecified atom stereocenters. The van der Waals surface area contributed by atoms with Crippen molar-refractivity contribution in [2.75, 3.05) is 20.3 Å². The Balaban J connectivity index is 2.12. The SMILES string of the molecule is COCCCCNCc1sc(C)nc1C. The third kappa shape index (κ3) is 4.73. The Kier molecular flexibility index (Phi) is 5.83. The average molecular weight is 228 g/mol. The number of methoxy groups -OCH3 is 1. The first-order chi connectivity index (χ1) is 7.24. The van der Waals surface area contributed by atoms with E-state index in [1.807, 2.05) is 0 Å². The molecule has 0 atom stereocenters. The number of aryl methyl sites for hydroxylation is 2. The van der Waals surface area contributed by atoms with Crippen LogP contribution >= 0.6 is 11.3 Å². The highest BCUT2D eigenvalue weighted by atomic mass is 32.1. The normalized spacial score (nSPS) is 10.9. The molecule has 0 radical (unpaired) electrons. The molecular formula is C11H20N2OS. The molecule has 1 rings (SSSR count). The lowest BCUT2D eigenvalue weighted by Crippen LogP contribution is -2.14. The van der Waals surface area contributed by atoms with Gasteiger partial charge in [-0.15, -0.1) is 11.3 Å². The second-order valence-corrected chi connectivity index (χ2v) is 4.91. The number of hydrogen-bond donors (Lipinski definition) is 1. The molecule has 0 aromatic carbocycles. The average Bonchev–Trinajstić information content (AvgIpc) is 2.51. The maximum absolute atomic E-state index is 4.99. The minimum absolute atomic E-state index is 0.861. The number of hydrogen-bond acceptors (Lipinski definition) is 4. The van der Waals surface area contributed by atoms with Crippen molar-refractivity contribution in [1.29, 1.82) is 0 Å². The highest BCUT2D eigenvalue weighted by Crippen LogP contribution is 2.16. The van der Waals surface area contributed by atoms with Gasteiger partial charge in [0.1, 0.15) is 0 Å². The van der Waals surface area contributed by atoms with E-state index in [0.29, 0.717) is 0 Å². The third-order valence-electron chi connectivity index (χ3n) is 2.24. The molecular weight excluding hydrogens is 208 g/mol. The molecule has 4 heteroatoms. The van der Waals surface area contributed by atoms with Gasteiger partial charge in [0.15, 0.2) is 0 Å². The fraction of sp³-hybridized carbons (Fsp3) is 0.727. The molecule has 0 saturated carbocycles. The molecule has 0 amide bonds. The van der Waals surface area contributed by atoms with Crippen LogP contribution in [0.15, 0.2) is 0 Å². The van der Waals surface area contributed by atoms with E-state index in [2.05, 4.69) is 24.1 Å². The second-order valence-electron chi connectivity index (χ2n) is 3.62. The first-order valence-corrected chi connectivity index (χ1v) is 6.18. The predicted molar refractivity (Wildman–Crippen MR) is 64.4 cm³/mol. The van der Waals surface area contributed by atoms with Gasteiger partial charge in [-0.3, -0.25) is 0 Å². The topological polar surface area (TPSA) is 34.1 Å². The van der Waals surface area contributed by atoms with Crippen molar-refractivity contribution in [2.45, 2.75) is 33.2 Å². The first kappa shape index (κ1) is 12.6. The number of nitrogens with one attached hydrogen (secondary N) is 1. The summed E-state index contributed by atoms with van der Waals surface area (Å²) >= 11 is 1.78. The van der Waals surface area contributed by atoms with Crippen molar-refractivity contribution in [2.24, 2.45) is 0 Å². The smallest absolute Gasteiger partial charge is 0.0900 e. The predicted octanol–water partition coefficient (Wildman–Crippen LogP) is 2.28. The summed E-state index contributed by atoms with van der Waals surface area (Å²) in [6.07, 6.45) is 2.30. The number of unbranched alkanes of at least 4 members (excludes halogenated alkanes) is 1. The lowest BCUT2D eigenvalue weighted by molar-refractivity contribution is 0.192. The van der Waals surface area contributed by atoms with Gasteiger partial charge in [0, 0.05) is 25.1 Å². The zero-order valence-electron chi connectivity index (χ0n) is 9.80. The molecule has 86 valence electrons. The van der Waals surface area contributed by atoms with Crippen molar-refractivity contribution in [1.82, 2.24) is 10.3 Å². The summed E-state index contributed by atoms with van der Waals surface area (Å²) < 4.78 is 4.99. The van der Waals surface area contributed by atoms with E-state index in [-0.39, 0.29) is 0 Å². The van der Waals surface area contributed by atoms with Gasteiger partial charge in [-0.2, -0.15) is 0 Å². The summed E-state index contributed by atoms with van der Waals surface area (Å²) in [6.45, 7) is 7.00. The van der Waals surface area contributed by atoms with E-state index in [1.54, 1.807) is 18.4 Å². The molecule has 1 aromatic heterocycles. The minimum Gasteiger partial charge on any atom is -0.385 e. The van der Waals surface area contributed by atoms with Crippen molar-refractivity contribution in [3.05, 3.63) is 15.6 Å². The Bertz CT molecular complexity index is 286. The van der Waals surface area contributed by atoms with Crippen LogP contribution in [0.1, 0.15) is 28.4 Å². The largest absolute Gasteiger partial charge is 0.385 e. The molecule has 0 saturated heterocycles. The summed E-state index contributed by atoms with van der Waals surface area (Å²) in [5.41, 5.74) is 1.17. The molecule has 0 aliphatic heterocycles. The van der Waals surface area contributed by atoms with Crippen LogP contribution in [-0.2, 0) is 11.3 Å². The van der Waals surface area contributed by atoms with Crippen LogP contribution in [0, 0.1) is 13.8 Å². The van der Waals surface area contributed by atoms with E-state index in [9.17, 15) is 0 Å². The Morgan fingerprint density at radius 2 is 2.13 bits per heavy atom. The fourth-order valence-electron chi connectivity index (χ4n) is 1.44. The van der Waals surface area contributed by atoms with Crippen LogP contribution in [0.25, 0.3) is 0 Å². The van der Waals surface area contributed by atoms with Gasteiger partial charge in [-0.25, -0.2) is 4.98 Å². The number of nitrogens with zero attached hydrogens (tertiary/aromatic N) is 1. The molecule has 0 aliphatic carbocycles. The molecule has 3 nitrogen and oxygen atoms in total. The Hall–Kier alpha value is -0.450. The van der Waals surface area contributed by atoms with E-state index < -0.39 is 0 Å². The highest BCUT2D eigenvalue weighted by Gasteiger charge is 2.03. The van der Waals surface area contributed by atoms with Gasteiger partial charge < -0.3 is 10.1 Å². The maximum Gasteiger partial charge on any atom is 0.0900 e. The lowest BCUT2D eigenvalue weighted by Gasteiger charge is -2.03. The number of rotatable bonds is 7. The van der Waals surface area contributed by atoms with E-state index in [0.717, 1.165) is 31.1 Å². The van der Waals surface area contributed by atoms with Crippen molar-refractivity contribution in [3.8, 4) is 0 Å². The lowest BCUT2D eigenvalue weighted by atomic mass is 10.3. The van der Waals surface area contributed by atoms with Crippen molar-refractivity contribution in [3.63, 3.8) is 0 Å². The summed E-state index contributed by atoms with van der Waals surface area (Å²) in [5.74, 6) is 0. The molecule has 0 fully saturated rings. The minimum atomic E-state index is 0.861. The first-order valence-electron chi connectivity index (χ1n) is 5.36. The van der Waals surface area contributed by atoms with Crippen LogP contribution in [-0.4, -0.2) is 25.2 Å². The van der Waals surface area contributed by atoms with Crippen LogP contribution < -0.4 is 5.32 Å². The molecule has 1 N–H and O–H groups in total. The summed E-state index contributed by atoms with van der Waals surface area (Å²) in [5, 5.41) is 4.59. The summed E-state index contributed by atoms with van der Waals surface area (Å²) in [6, 6.07) is 0. The number of thiazole rings is 1. The monoisotopic (exact) mass is 228 g/mol. The van der Waals surface area contributed by atoms with Gasteiger partial charge in [0.2, 0.25) is 0 Å².